The van der Waals surface area contributed by atoms with Gasteiger partial charge in [-0.1, -0.05) is 41.6 Å². The summed E-state index contributed by atoms with van der Waals surface area (Å²) in [7, 11) is 0. The molecule has 32 heavy (non-hydrogen) atoms. The van der Waals surface area contributed by atoms with Crippen LogP contribution in [0.15, 0.2) is 58.0 Å². The number of hydrazone groups is 1. The van der Waals surface area contributed by atoms with Crippen molar-refractivity contribution in [2.75, 3.05) is 10.7 Å². The number of hydrogen-bond donors (Lipinski definition) is 2. The summed E-state index contributed by atoms with van der Waals surface area (Å²) < 4.78 is 1.82. The van der Waals surface area contributed by atoms with E-state index in [2.05, 4.69) is 20.8 Å². The van der Waals surface area contributed by atoms with Crippen LogP contribution < -0.4 is 15.6 Å². The lowest BCUT2D eigenvalue weighted by atomic mass is 10.1. The summed E-state index contributed by atoms with van der Waals surface area (Å²) in [6.45, 7) is 1.93. The molecule has 1 aliphatic heterocycles. The molecule has 2 N–H and O–H groups in total. The fourth-order valence-electron chi connectivity index (χ4n) is 2.92. The summed E-state index contributed by atoms with van der Waals surface area (Å²) in [4.78, 5) is 42.9. The van der Waals surface area contributed by atoms with Gasteiger partial charge in [0.25, 0.3) is 5.91 Å². The van der Waals surface area contributed by atoms with Crippen LogP contribution in [0.4, 0.5) is 5.69 Å². The molecule has 1 atom stereocenters. The Hall–Kier alpha value is -3.15. The van der Waals surface area contributed by atoms with Gasteiger partial charge in [-0.3, -0.25) is 19.3 Å². The molecule has 8 nitrogen and oxygen atoms in total. The molecule has 0 aliphatic carbocycles. The molecule has 0 unspecified atom stereocenters. The summed E-state index contributed by atoms with van der Waals surface area (Å²) in [6.07, 6.45) is 1.11. The van der Waals surface area contributed by atoms with Crippen LogP contribution in [0.1, 0.15) is 5.56 Å². The topological polar surface area (TPSA) is 104 Å². The highest BCUT2D eigenvalue weighted by molar-refractivity contribution is 8.01. The number of thiocarbonyl (C=S) groups is 1. The Morgan fingerprint density at radius 3 is 2.78 bits per heavy atom. The second-order valence-corrected chi connectivity index (χ2v) is 9.47. The number of nitrogens with one attached hydrogen (secondary N) is 2. The molecular formula is C21H17N5O3S3. The monoisotopic (exact) mass is 483 g/mol. The molecule has 1 fully saturated rings. The molecule has 0 radical (unpaired) electrons. The first-order valence-corrected chi connectivity index (χ1v) is 11.7. The van der Waals surface area contributed by atoms with Gasteiger partial charge in [-0.25, -0.2) is 10.4 Å². The van der Waals surface area contributed by atoms with Crippen molar-refractivity contribution in [2.45, 2.75) is 11.3 Å². The van der Waals surface area contributed by atoms with Crippen LogP contribution in [0.25, 0.3) is 10.2 Å². The van der Waals surface area contributed by atoms with E-state index in [-0.39, 0.29) is 16.8 Å². The lowest BCUT2D eigenvalue weighted by molar-refractivity contribution is -0.130. The maximum absolute atomic E-state index is 12.9. The van der Waals surface area contributed by atoms with Gasteiger partial charge in [0, 0.05) is 6.21 Å². The predicted molar refractivity (Wildman–Crippen MR) is 130 cm³/mol. The van der Waals surface area contributed by atoms with Crippen molar-refractivity contribution in [1.29, 1.82) is 0 Å². The number of hydrogen-bond acceptors (Lipinski definition) is 8. The van der Waals surface area contributed by atoms with Crippen LogP contribution in [0, 0.1) is 12.8 Å². The molecule has 3 amide bonds. The van der Waals surface area contributed by atoms with Crippen molar-refractivity contribution in [3.05, 3.63) is 54.1 Å². The summed E-state index contributed by atoms with van der Waals surface area (Å²) >= 11 is 7.95. The summed E-state index contributed by atoms with van der Waals surface area (Å²) in [5, 5.41) is 6.32. The lowest BCUT2D eigenvalue weighted by Crippen LogP contribution is -2.58. The highest BCUT2D eigenvalue weighted by atomic mass is 32.2. The number of rotatable bonds is 6. The van der Waals surface area contributed by atoms with Gasteiger partial charge in [-0.2, -0.15) is 5.10 Å². The molecule has 0 bridgehead atoms. The molecule has 162 valence electrons. The first kappa shape index (κ1) is 22.1. The minimum Gasteiger partial charge on any atom is -0.301 e. The van der Waals surface area contributed by atoms with Gasteiger partial charge in [0.1, 0.15) is 0 Å². The number of para-hydroxylation sites is 1. The third-order valence-electron chi connectivity index (χ3n) is 4.51. The predicted octanol–water partition coefficient (Wildman–Crippen LogP) is 2.86. The Kier molecular flexibility index (Phi) is 6.58. The van der Waals surface area contributed by atoms with E-state index >= 15 is 0 Å². The van der Waals surface area contributed by atoms with Gasteiger partial charge < -0.3 is 5.32 Å². The highest BCUT2D eigenvalue weighted by Crippen LogP contribution is 2.29. The number of thiazole rings is 1. The first-order chi connectivity index (χ1) is 15.4. The molecule has 2 aromatic carbocycles. The standard InChI is InChI=1S/C21H17N5O3S3/c1-12-6-8-13(9-7-12)26-19(29)14(18(28)24-20(26)30)10-22-25-17(27)11-31-21-23-15-4-2-3-5-16(15)32-21/h2-10,14H,11H2,1H3,(H,25,27)(H,24,28,30)/b22-10-/t14-/m0/s1. The Labute approximate surface area is 197 Å². The van der Waals surface area contributed by atoms with Crippen LogP contribution in [-0.4, -0.2) is 39.8 Å². The van der Waals surface area contributed by atoms with Gasteiger partial charge in [0.2, 0.25) is 11.8 Å². The zero-order valence-electron chi connectivity index (χ0n) is 16.8. The van der Waals surface area contributed by atoms with Gasteiger partial charge in [0.15, 0.2) is 15.4 Å². The van der Waals surface area contributed by atoms with E-state index in [1.807, 2.05) is 43.3 Å². The number of anilines is 1. The van der Waals surface area contributed by atoms with Crippen molar-refractivity contribution < 1.29 is 14.4 Å². The van der Waals surface area contributed by atoms with Crippen LogP contribution >= 0.6 is 35.3 Å². The summed E-state index contributed by atoms with van der Waals surface area (Å²) in [6, 6.07) is 14.9. The first-order valence-electron chi connectivity index (χ1n) is 9.48. The van der Waals surface area contributed by atoms with Crippen molar-refractivity contribution >= 4 is 80.3 Å². The van der Waals surface area contributed by atoms with E-state index in [1.54, 1.807) is 12.1 Å². The molecule has 1 saturated heterocycles. The van der Waals surface area contributed by atoms with Crippen molar-refractivity contribution in [3.8, 4) is 0 Å². The molecule has 3 aromatic rings. The van der Waals surface area contributed by atoms with Crippen LogP contribution in [0.5, 0.6) is 0 Å². The molecule has 4 rings (SSSR count). The molecular weight excluding hydrogens is 466 g/mol. The number of fused-ring (bicyclic) bond motifs is 1. The SMILES string of the molecule is Cc1ccc(N2C(=O)[C@@H](/C=N\NC(=O)CSc3nc4ccccc4s3)C(=O)NC2=S)cc1. The number of benzene rings is 2. The van der Waals surface area contributed by atoms with Crippen LogP contribution in [0.2, 0.25) is 0 Å². The summed E-state index contributed by atoms with van der Waals surface area (Å²) in [5.74, 6) is -2.61. The highest BCUT2D eigenvalue weighted by Gasteiger charge is 2.38. The summed E-state index contributed by atoms with van der Waals surface area (Å²) in [5.41, 5.74) is 4.80. The van der Waals surface area contributed by atoms with Crippen LogP contribution in [-0.2, 0) is 14.4 Å². The number of carbonyl (C=O) groups excluding carboxylic acids is 3. The third-order valence-corrected chi connectivity index (χ3v) is 6.97. The number of thioether (sulfide) groups is 1. The average molecular weight is 484 g/mol. The minimum atomic E-state index is -1.21. The van der Waals surface area contributed by atoms with E-state index < -0.39 is 17.7 Å². The van der Waals surface area contributed by atoms with Crippen molar-refractivity contribution in [3.63, 3.8) is 0 Å². The number of aryl methyl sites for hydroxylation is 1. The second-order valence-electron chi connectivity index (χ2n) is 6.83. The quantitative estimate of drug-likeness (QED) is 0.184. The largest absolute Gasteiger partial charge is 0.301 e. The molecule has 1 aliphatic rings. The zero-order chi connectivity index (χ0) is 22.7. The third kappa shape index (κ3) is 4.85. The molecule has 0 saturated carbocycles. The van der Waals surface area contributed by atoms with E-state index in [1.165, 1.54) is 28.0 Å². The molecule has 0 spiro atoms. The van der Waals surface area contributed by atoms with Gasteiger partial charge in [-0.15, -0.1) is 11.3 Å². The average Bonchev–Trinajstić information content (AvgIpc) is 3.19. The van der Waals surface area contributed by atoms with E-state index in [0.717, 1.165) is 26.3 Å². The fourth-order valence-corrected chi connectivity index (χ4v) is 5.07. The Balaban J connectivity index is 1.36. The van der Waals surface area contributed by atoms with E-state index in [9.17, 15) is 14.4 Å². The Morgan fingerprint density at radius 2 is 2.03 bits per heavy atom. The van der Waals surface area contributed by atoms with Crippen LogP contribution in [0.3, 0.4) is 0 Å². The van der Waals surface area contributed by atoms with Crippen molar-refractivity contribution in [1.82, 2.24) is 15.7 Å². The normalized spacial score (nSPS) is 16.6. The molecule has 11 heteroatoms. The molecule has 1 aromatic heterocycles. The number of nitrogens with zero attached hydrogens (tertiary/aromatic N) is 3. The van der Waals surface area contributed by atoms with Crippen molar-refractivity contribution in [2.24, 2.45) is 11.0 Å². The lowest BCUT2D eigenvalue weighted by Gasteiger charge is -2.30. The van der Waals surface area contributed by atoms with Gasteiger partial charge >= 0.3 is 0 Å². The number of amides is 3. The maximum atomic E-state index is 12.9. The van der Waals surface area contributed by atoms with E-state index in [4.69, 9.17) is 12.2 Å². The van der Waals surface area contributed by atoms with Gasteiger partial charge in [-0.05, 0) is 43.4 Å². The Bertz CT molecular complexity index is 1210. The fraction of sp³-hybridized carbons (Fsp3) is 0.143. The second kappa shape index (κ2) is 9.55. The maximum Gasteiger partial charge on any atom is 0.251 e. The number of aromatic nitrogens is 1. The zero-order valence-corrected chi connectivity index (χ0v) is 19.2. The number of carbonyl (C=O) groups is 3. The Morgan fingerprint density at radius 1 is 1.28 bits per heavy atom. The van der Waals surface area contributed by atoms with Gasteiger partial charge in [0.05, 0.1) is 21.7 Å². The minimum absolute atomic E-state index is 0.00442. The molecule has 2 heterocycles. The smallest absolute Gasteiger partial charge is 0.251 e. The van der Waals surface area contributed by atoms with E-state index in [0.29, 0.717) is 5.69 Å².